The highest BCUT2D eigenvalue weighted by Gasteiger charge is 2.45. The predicted octanol–water partition coefficient (Wildman–Crippen LogP) is 2.65. The number of hydrogen-bond acceptors (Lipinski definition) is 2. The van der Waals surface area contributed by atoms with Crippen LogP contribution in [-0.2, 0) is 5.41 Å². The molecule has 1 saturated carbocycles. The molecule has 0 amide bonds. The molecule has 2 N–H and O–H groups in total. The van der Waals surface area contributed by atoms with Crippen molar-refractivity contribution < 1.29 is 4.74 Å². The molecule has 0 heterocycles. The van der Waals surface area contributed by atoms with Gasteiger partial charge in [0.2, 0.25) is 0 Å². The van der Waals surface area contributed by atoms with E-state index in [-0.39, 0.29) is 5.41 Å². The van der Waals surface area contributed by atoms with Crippen LogP contribution in [0.1, 0.15) is 24.0 Å². The first-order valence-electron chi connectivity index (χ1n) is 5.17. The van der Waals surface area contributed by atoms with Crippen molar-refractivity contribution in [1.29, 1.82) is 0 Å². The molecular weight excluding hydrogens is 210 g/mol. The van der Waals surface area contributed by atoms with E-state index in [0.29, 0.717) is 6.54 Å². The third-order valence-electron chi connectivity index (χ3n) is 3.30. The maximum atomic E-state index is 6.14. The van der Waals surface area contributed by atoms with Gasteiger partial charge in [0.1, 0.15) is 5.75 Å². The summed E-state index contributed by atoms with van der Waals surface area (Å²) in [6.07, 6.45) is 2.28. The molecule has 82 valence electrons. The van der Waals surface area contributed by atoms with Gasteiger partial charge in [0.05, 0.1) is 7.11 Å². The normalized spacial score (nSPS) is 17.6. The van der Waals surface area contributed by atoms with Gasteiger partial charge in [-0.05, 0) is 37.5 Å². The summed E-state index contributed by atoms with van der Waals surface area (Å²) in [5.41, 5.74) is 8.16. The zero-order valence-corrected chi connectivity index (χ0v) is 9.90. The van der Waals surface area contributed by atoms with Crippen molar-refractivity contribution in [2.75, 3.05) is 13.7 Å². The first kappa shape index (κ1) is 10.8. The molecule has 15 heavy (non-hydrogen) atoms. The molecule has 1 aromatic rings. The summed E-state index contributed by atoms with van der Waals surface area (Å²) in [4.78, 5) is 0. The van der Waals surface area contributed by atoms with Crippen molar-refractivity contribution in [3.8, 4) is 5.75 Å². The van der Waals surface area contributed by atoms with Gasteiger partial charge in [-0.2, -0.15) is 0 Å². The Hall–Kier alpha value is -0.730. The predicted molar refractivity (Wildman–Crippen MR) is 62.7 cm³/mol. The van der Waals surface area contributed by atoms with Crippen LogP contribution in [0.4, 0.5) is 0 Å². The Kier molecular flexibility index (Phi) is 2.65. The first-order chi connectivity index (χ1) is 7.13. The van der Waals surface area contributed by atoms with E-state index in [1.54, 1.807) is 7.11 Å². The Balaban J connectivity index is 2.50. The number of benzene rings is 1. The number of nitrogens with two attached hydrogens (primary N) is 1. The smallest absolute Gasteiger partial charge is 0.123 e. The third-order valence-corrected chi connectivity index (χ3v) is 3.70. The summed E-state index contributed by atoms with van der Waals surface area (Å²) < 4.78 is 5.40. The lowest BCUT2D eigenvalue weighted by Crippen LogP contribution is -2.20. The first-order valence-corrected chi connectivity index (χ1v) is 5.55. The van der Waals surface area contributed by atoms with E-state index < -0.39 is 0 Å². The molecule has 0 bridgehead atoms. The number of hydrogen-bond donors (Lipinski definition) is 1. The van der Waals surface area contributed by atoms with Crippen molar-refractivity contribution in [1.82, 2.24) is 0 Å². The highest BCUT2D eigenvalue weighted by molar-refractivity contribution is 6.31. The van der Waals surface area contributed by atoms with Gasteiger partial charge in [-0.15, -0.1) is 0 Å². The van der Waals surface area contributed by atoms with Crippen molar-refractivity contribution in [3.05, 3.63) is 28.3 Å². The molecule has 3 heteroatoms. The van der Waals surface area contributed by atoms with Crippen LogP contribution in [0.2, 0.25) is 5.02 Å². The summed E-state index contributed by atoms with van der Waals surface area (Å²) >= 11 is 6.14. The molecule has 0 atom stereocenters. The second-order valence-corrected chi connectivity index (χ2v) is 4.69. The zero-order valence-electron chi connectivity index (χ0n) is 9.14. The zero-order chi connectivity index (χ0) is 11.1. The highest BCUT2D eigenvalue weighted by atomic mass is 35.5. The van der Waals surface area contributed by atoms with E-state index in [0.717, 1.165) is 29.2 Å². The monoisotopic (exact) mass is 225 g/mol. The van der Waals surface area contributed by atoms with Crippen LogP contribution < -0.4 is 10.5 Å². The Morgan fingerprint density at radius 1 is 1.47 bits per heavy atom. The molecule has 0 aromatic heterocycles. The second kappa shape index (κ2) is 3.69. The summed E-state index contributed by atoms with van der Waals surface area (Å²) in [5, 5.41) is 0.797. The fourth-order valence-corrected chi connectivity index (χ4v) is 2.14. The average molecular weight is 226 g/mol. The molecule has 1 fully saturated rings. The summed E-state index contributed by atoms with van der Waals surface area (Å²) in [5.74, 6) is 0.917. The summed E-state index contributed by atoms with van der Waals surface area (Å²) in [6, 6.07) is 4.00. The Labute approximate surface area is 95.4 Å². The Morgan fingerprint density at radius 3 is 2.60 bits per heavy atom. The SMILES string of the molecule is COc1cc(C)c(Cl)cc1C1(CN)CC1. The number of methoxy groups -OCH3 is 1. The number of halogens is 1. The van der Waals surface area contributed by atoms with Crippen LogP contribution in [0.3, 0.4) is 0 Å². The van der Waals surface area contributed by atoms with E-state index in [1.807, 2.05) is 19.1 Å². The van der Waals surface area contributed by atoms with E-state index in [1.165, 1.54) is 5.56 Å². The molecular formula is C12H16ClNO. The molecule has 0 radical (unpaired) electrons. The van der Waals surface area contributed by atoms with Crippen molar-refractivity contribution >= 4 is 11.6 Å². The molecule has 0 spiro atoms. The van der Waals surface area contributed by atoms with Crippen molar-refractivity contribution in [2.45, 2.75) is 25.2 Å². The maximum absolute atomic E-state index is 6.14. The van der Waals surface area contributed by atoms with E-state index >= 15 is 0 Å². The van der Waals surface area contributed by atoms with E-state index in [2.05, 4.69) is 0 Å². The van der Waals surface area contributed by atoms with Gasteiger partial charge in [0.25, 0.3) is 0 Å². The van der Waals surface area contributed by atoms with Crippen LogP contribution in [0.15, 0.2) is 12.1 Å². The molecule has 1 aromatic carbocycles. The van der Waals surface area contributed by atoms with Gasteiger partial charge >= 0.3 is 0 Å². The lowest BCUT2D eigenvalue weighted by molar-refractivity contribution is 0.404. The fraction of sp³-hybridized carbons (Fsp3) is 0.500. The third kappa shape index (κ3) is 1.72. The number of rotatable bonds is 3. The van der Waals surface area contributed by atoms with Crippen LogP contribution in [0.25, 0.3) is 0 Å². The molecule has 0 saturated heterocycles. The van der Waals surface area contributed by atoms with Gasteiger partial charge < -0.3 is 10.5 Å². The minimum atomic E-state index is 0.128. The van der Waals surface area contributed by atoms with Crippen LogP contribution in [0, 0.1) is 6.92 Å². The maximum Gasteiger partial charge on any atom is 0.123 e. The van der Waals surface area contributed by atoms with Gasteiger partial charge in [0.15, 0.2) is 0 Å². The molecule has 0 aliphatic heterocycles. The Bertz CT molecular complexity index is 385. The fourth-order valence-electron chi connectivity index (χ4n) is 1.97. The van der Waals surface area contributed by atoms with E-state index in [9.17, 15) is 0 Å². The molecule has 1 aliphatic carbocycles. The molecule has 2 nitrogen and oxygen atoms in total. The van der Waals surface area contributed by atoms with Gasteiger partial charge in [-0.1, -0.05) is 11.6 Å². The largest absolute Gasteiger partial charge is 0.496 e. The summed E-state index contributed by atoms with van der Waals surface area (Å²) in [7, 11) is 1.69. The van der Waals surface area contributed by atoms with Crippen molar-refractivity contribution in [3.63, 3.8) is 0 Å². The van der Waals surface area contributed by atoms with Crippen LogP contribution >= 0.6 is 11.6 Å². The van der Waals surface area contributed by atoms with Gasteiger partial charge in [-0.3, -0.25) is 0 Å². The minimum absolute atomic E-state index is 0.128. The van der Waals surface area contributed by atoms with Gasteiger partial charge in [-0.25, -0.2) is 0 Å². The molecule has 0 unspecified atom stereocenters. The Morgan fingerprint density at radius 2 is 2.13 bits per heavy atom. The second-order valence-electron chi connectivity index (χ2n) is 4.29. The standard InChI is InChI=1S/C12H16ClNO/c1-8-5-11(15-2)9(6-10(8)13)12(7-14)3-4-12/h5-6H,3-4,7,14H2,1-2H3. The van der Waals surface area contributed by atoms with Crippen LogP contribution in [0.5, 0.6) is 5.75 Å². The topological polar surface area (TPSA) is 35.2 Å². The number of ether oxygens (including phenoxy) is 1. The minimum Gasteiger partial charge on any atom is -0.496 e. The highest BCUT2D eigenvalue weighted by Crippen LogP contribution is 2.51. The van der Waals surface area contributed by atoms with Gasteiger partial charge in [0, 0.05) is 22.5 Å². The lowest BCUT2D eigenvalue weighted by atomic mass is 9.94. The quantitative estimate of drug-likeness (QED) is 0.859. The lowest BCUT2D eigenvalue weighted by Gasteiger charge is -2.18. The molecule has 2 rings (SSSR count). The average Bonchev–Trinajstić information content (AvgIpc) is 3.02. The number of aryl methyl sites for hydroxylation is 1. The van der Waals surface area contributed by atoms with Crippen molar-refractivity contribution in [2.24, 2.45) is 5.73 Å². The molecule has 1 aliphatic rings. The summed E-state index contributed by atoms with van der Waals surface area (Å²) in [6.45, 7) is 2.65. The van der Waals surface area contributed by atoms with Crippen LogP contribution in [-0.4, -0.2) is 13.7 Å². The van der Waals surface area contributed by atoms with E-state index in [4.69, 9.17) is 22.1 Å².